The highest BCUT2D eigenvalue weighted by atomic mass is 32.2. The molecule has 6 nitrogen and oxygen atoms in total. The molecule has 0 fully saturated rings. The van der Waals surface area contributed by atoms with E-state index in [0.29, 0.717) is 5.69 Å². The SMILES string of the molecule is Cc1ccc(S(=O)(=O)Nc2ccc(Nc3nc(-c4ccncc4)cs3)cc2)cc1C. The first-order valence-corrected chi connectivity index (χ1v) is 11.6. The number of nitrogens with one attached hydrogen (secondary N) is 2. The maximum Gasteiger partial charge on any atom is 0.261 e. The van der Waals surface area contributed by atoms with Crippen LogP contribution in [0.3, 0.4) is 0 Å². The van der Waals surface area contributed by atoms with Gasteiger partial charge in [0, 0.05) is 34.7 Å². The third-order valence-corrected chi connectivity index (χ3v) is 6.79. The van der Waals surface area contributed by atoms with Crippen molar-refractivity contribution in [2.75, 3.05) is 10.0 Å². The Bertz CT molecular complexity index is 1270. The molecule has 0 saturated heterocycles. The van der Waals surface area contributed by atoms with Crippen molar-refractivity contribution in [1.29, 1.82) is 0 Å². The molecule has 8 heteroatoms. The highest BCUT2D eigenvalue weighted by Crippen LogP contribution is 2.27. The predicted molar refractivity (Wildman–Crippen MR) is 122 cm³/mol. The zero-order valence-electron chi connectivity index (χ0n) is 16.5. The second kappa shape index (κ2) is 8.25. The van der Waals surface area contributed by atoms with Gasteiger partial charge in [0.05, 0.1) is 10.6 Å². The number of pyridine rings is 1. The minimum atomic E-state index is -3.64. The van der Waals surface area contributed by atoms with Crippen LogP contribution in [0.5, 0.6) is 0 Å². The number of benzene rings is 2. The van der Waals surface area contributed by atoms with Crippen LogP contribution in [-0.4, -0.2) is 18.4 Å². The van der Waals surface area contributed by atoms with Gasteiger partial charge in [-0.2, -0.15) is 0 Å². The third kappa shape index (κ3) is 4.50. The fraction of sp³-hybridized carbons (Fsp3) is 0.0909. The summed E-state index contributed by atoms with van der Waals surface area (Å²) in [7, 11) is -3.64. The van der Waals surface area contributed by atoms with Gasteiger partial charge in [-0.1, -0.05) is 6.07 Å². The Balaban J connectivity index is 1.45. The first-order valence-electron chi connectivity index (χ1n) is 9.24. The summed E-state index contributed by atoms with van der Waals surface area (Å²) in [5, 5.41) is 5.97. The zero-order chi connectivity index (χ0) is 21.1. The Kier molecular flexibility index (Phi) is 5.52. The number of aromatic nitrogens is 2. The fourth-order valence-electron chi connectivity index (χ4n) is 2.83. The average Bonchev–Trinajstić information content (AvgIpc) is 3.20. The van der Waals surface area contributed by atoms with Crippen LogP contribution in [0.25, 0.3) is 11.3 Å². The number of hydrogen-bond acceptors (Lipinski definition) is 6. The number of rotatable bonds is 6. The van der Waals surface area contributed by atoms with E-state index in [9.17, 15) is 8.42 Å². The number of nitrogens with zero attached hydrogens (tertiary/aromatic N) is 2. The molecule has 0 atom stereocenters. The molecule has 0 spiro atoms. The highest BCUT2D eigenvalue weighted by Gasteiger charge is 2.15. The molecule has 0 aliphatic rings. The first kappa shape index (κ1) is 20.1. The van der Waals surface area contributed by atoms with Crippen molar-refractivity contribution in [3.8, 4) is 11.3 Å². The molecule has 152 valence electrons. The number of aryl methyl sites for hydroxylation is 2. The Morgan fingerprint density at radius 2 is 1.57 bits per heavy atom. The second-order valence-corrected chi connectivity index (χ2v) is 9.37. The number of thiazole rings is 1. The van der Waals surface area contributed by atoms with Gasteiger partial charge in [0.2, 0.25) is 0 Å². The molecule has 0 unspecified atom stereocenters. The topological polar surface area (TPSA) is 84.0 Å². The second-order valence-electron chi connectivity index (χ2n) is 6.83. The third-order valence-electron chi connectivity index (χ3n) is 4.66. The largest absolute Gasteiger partial charge is 0.332 e. The fourth-order valence-corrected chi connectivity index (χ4v) is 4.71. The maximum atomic E-state index is 12.6. The minimum absolute atomic E-state index is 0.249. The molecule has 0 aliphatic carbocycles. The van der Waals surface area contributed by atoms with Gasteiger partial charge in [-0.05, 0) is 73.5 Å². The van der Waals surface area contributed by atoms with Crippen molar-refractivity contribution in [2.45, 2.75) is 18.7 Å². The molecule has 4 aromatic rings. The Morgan fingerprint density at radius 3 is 2.27 bits per heavy atom. The number of sulfonamides is 1. The molecular weight excluding hydrogens is 416 g/mol. The number of hydrogen-bond donors (Lipinski definition) is 2. The van der Waals surface area contributed by atoms with Crippen LogP contribution in [0.4, 0.5) is 16.5 Å². The van der Waals surface area contributed by atoms with Gasteiger partial charge in [0.1, 0.15) is 0 Å². The van der Waals surface area contributed by atoms with E-state index in [0.717, 1.165) is 33.2 Å². The van der Waals surface area contributed by atoms with Gasteiger partial charge >= 0.3 is 0 Å². The molecule has 0 bridgehead atoms. The molecular formula is C22H20N4O2S2. The maximum absolute atomic E-state index is 12.6. The van der Waals surface area contributed by atoms with Crippen molar-refractivity contribution in [3.05, 3.63) is 83.5 Å². The molecule has 4 rings (SSSR count). The molecule has 0 radical (unpaired) electrons. The van der Waals surface area contributed by atoms with Crippen LogP contribution < -0.4 is 10.0 Å². The number of anilines is 3. The molecule has 2 heterocycles. The lowest BCUT2D eigenvalue weighted by Crippen LogP contribution is -2.13. The van der Waals surface area contributed by atoms with Crippen LogP contribution in [0.1, 0.15) is 11.1 Å². The average molecular weight is 437 g/mol. The van der Waals surface area contributed by atoms with E-state index in [1.165, 1.54) is 11.3 Å². The molecule has 30 heavy (non-hydrogen) atoms. The van der Waals surface area contributed by atoms with Crippen LogP contribution in [0.15, 0.2) is 77.3 Å². The lowest BCUT2D eigenvalue weighted by molar-refractivity contribution is 0.601. The first-order chi connectivity index (χ1) is 14.4. The van der Waals surface area contributed by atoms with Crippen LogP contribution in [-0.2, 0) is 10.0 Å². The van der Waals surface area contributed by atoms with Gasteiger partial charge in [0.25, 0.3) is 10.0 Å². The summed E-state index contributed by atoms with van der Waals surface area (Å²) < 4.78 is 27.9. The van der Waals surface area contributed by atoms with E-state index in [1.807, 2.05) is 49.6 Å². The van der Waals surface area contributed by atoms with E-state index in [4.69, 9.17) is 0 Å². The van der Waals surface area contributed by atoms with Crippen LogP contribution in [0.2, 0.25) is 0 Å². The minimum Gasteiger partial charge on any atom is -0.332 e. The lowest BCUT2D eigenvalue weighted by atomic mass is 10.1. The summed E-state index contributed by atoms with van der Waals surface area (Å²) >= 11 is 1.50. The Morgan fingerprint density at radius 1 is 0.867 bits per heavy atom. The van der Waals surface area contributed by atoms with E-state index in [2.05, 4.69) is 20.0 Å². The lowest BCUT2D eigenvalue weighted by Gasteiger charge is -2.10. The summed E-state index contributed by atoms with van der Waals surface area (Å²) in [6, 6.07) is 16.0. The summed E-state index contributed by atoms with van der Waals surface area (Å²) in [6.07, 6.45) is 3.47. The monoisotopic (exact) mass is 436 g/mol. The highest BCUT2D eigenvalue weighted by molar-refractivity contribution is 7.92. The van der Waals surface area contributed by atoms with Gasteiger partial charge in [-0.3, -0.25) is 9.71 Å². The Labute approximate surface area is 179 Å². The van der Waals surface area contributed by atoms with E-state index < -0.39 is 10.0 Å². The molecule has 0 saturated carbocycles. The van der Waals surface area contributed by atoms with Gasteiger partial charge in [-0.15, -0.1) is 11.3 Å². The Hall–Kier alpha value is -3.23. The van der Waals surface area contributed by atoms with E-state index >= 15 is 0 Å². The van der Waals surface area contributed by atoms with Gasteiger partial charge in [0.15, 0.2) is 5.13 Å². The quantitative estimate of drug-likeness (QED) is 0.425. The van der Waals surface area contributed by atoms with Crippen molar-refractivity contribution < 1.29 is 8.42 Å². The molecule has 2 N–H and O–H groups in total. The van der Waals surface area contributed by atoms with Crippen molar-refractivity contribution in [1.82, 2.24) is 9.97 Å². The summed E-state index contributed by atoms with van der Waals surface area (Å²) in [6.45, 7) is 3.85. The van der Waals surface area contributed by atoms with E-state index in [1.54, 1.807) is 36.7 Å². The van der Waals surface area contributed by atoms with Crippen molar-refractivity contribution >= 4 is 37.9 Å². The standard InChI is InChI=1S/C22H20N4O2S2/c1-15-3-8-20(13-16(15)2)30(27,28)26-19-6-4-18(5-7-19)24-22-25-21(14-29-22)17-9-11-23-12-10-17/h3-14,26H,1-2H3,(H,24,25). The van der Waals surface area contributed by atoms with Gasteiger partial charge < -0.3 is 5.32 Å². The zero-order valence-corrected chi connectivity index (χ0v) is 18.1. The predicted octanol–water partition coefficient (Wildman–Crippen LogP) is 5.37. The molecule has 0 amide bonds. The smallest absolute Gasteiger partial charge is 0.261 e. The van der Waals surface area contributed by atoms with Crippen molar-refractivity contribution in [2.24, 2.45) is 0 Å². The molecule has 2 aromatic carbocycles. The summed E-state index contributed by atoms with van der Waals surface area (Å²) in [4.78, 5) is 8.85. The van der Waals surface area contributed by atoms with E-state index in [-0.39, 0.29) is 4.90 Å². The van der Waals surface area contributed by atoms with Crippen LogP contribution >= 0.6 is 11.3 Å². The molecule has 2 aromatic heterocycles. The molecule has 0 aliphatic heterocycles. The normalized spacial score (nSPS) is 11.3. The van der Waals surface area contributed by atoms with Crippen molar-refractivity contribution in [3.63, 3.8) is 0 Å². The van der Waals surface area contributed by atoms with Gasteiger partial charge in [-0.25, -0.2) is 13.4 Å². The van der Waals surface area contributed by atoms with Crippen LogP contribution in [0, 0.1) is 13.8 Å². The summed E-state index contributed by atoms with van der Waals surface area (Å²) in [5.74, 6) is 0. The summed E-state index contributed by atoms with van der Waals surface area (Å²) in [5.41, 5.74) is 5.19.